The van der Waals surface area contributed by atoms with Gasteiger partial charge in [-0.25, -0.2) is 0 Å². The number of anilines is 1. The molecule has 24 heavy (non-hydrogen) atoms. The predicted molar refractivity (Wildman–Crippen MR) is 90.2 cm³/mol. The van der Waals surface area contributed by atoms with Gasteiger partial charge < -0.3 is 10.1 Å². The number of nitro groups is 1. The number of nitrogens with zero attached hydrogens (tertiary/aromatic N) is 2. The van der Waals surface area contributed by atoms with Crippen molar-refractivity contribution in [1.29, 1.82) is 0 Å². The van der Waals surface area contributed by atoms with E-state index in [0.717, 1.165) is 23.2 Å². The minimum absolute atomic E-state index is 0.00918. The lowest BCUT2D eigenvalue weighted by molar-refractivity contribution is -0.385. The van der Waals surface area contributed by atoms with E-state index in [0.29, 0.717) is 5.75 Å². The molecular weight excluding hydrogens is 306 g/mol. The number of benzene rings is 1. The standard InChI is InChI=1S/C18H17N3O3/c1-24-15-6-5-14(21(22)23)16-12-3-2-4-13(12)17(20-18(15)16)11-7-9-19-10-8-11/h2-3,5-10,12-13,17,20H,4H2,1H3/t12-,13+,17+/m1/s1. The highest BCUT2D eigenvalue weighted by atomic mass is 16.6. The van der Waals surface area contributed by atoms with Crippen molar-refractivity contribution in [3.8, 4) is 5.75 Å². The van der Waals surface area contributed by atoms with Gasteiger partial charge in [0.05, 0.1) is 29.3 Å². The van der Waals surface area contributed by atoms with Gasteiger partial charge in [0, 0.05) is 24.4 Å². The Labute approximate surface area is 139 Å². The number of methoxy groups -OCH3 is 1. The summed E-state index contributed by atoms with van der Waals surface area (Å²) in [5.74, 6) is 0.883. The van der Waals surface area contributed by atoms with Gasteiger partial charge in [-0.3, -0.25) is 15.1 Å². The summed E-state index contributed by atoms with van der Waals surface area (Å²) in [4.78, 5) is 15.3. The van der Waals surface area contributed by atoms with Gasteiger partial charge in [-0.1, -0.05) is 12.2 Å². The maximum absolute atomic E-state index is 11.5. The van der Waals surface area contributed by atoms with Crippen molar-refractivity contribution in [2.24, 2.45) is 5.92 Å². The fourth-order valence-corrected chi connectivity index (χ4v) is 3.89. The number of nitro benzene ring substituents is 1. The van der Waals surface area contributed by atoms with Crippen LogP contribution in [0, 0.1) is 16.0 Å². The Morgan fingerprint density at radius 3 is 2.79 bits per heavy atom. The molecule has 0 spiro atoms. The van der Waals surface area contributed by atoms with Crippen LogP contribution in [0.4, 0.5) is 11.4 Å². The first-order valence-corrected chi connectivity index (χ1v) is 7.89. The highest BCUT2D eigenvalue weighted by molar-refractivity contribution is 5.73. The van der Waals surface area contributed by atoms with Crippen LogP contribution in [0.15, 0.2) is 48.8 Å². The Bertz CT molecular complexity index is 820. The zero-order valence-electron chi connectivity index (χ0n) is 13.2. The van der Waals surface area contributed by atoms with E-state index in [9.17, 15) is 10.1 Å². The van der Waals surface area contributed by atoms with Crippen molar-refractivity contribution in [2.45, 2.75) is 18.4 Å². The van der Waals surface area contributed by atoms with Crippen molar-refractivity contribution in [3.63, 3.8) is 0 Å². The van der Waals surface area contributed by atoms with Crippen LogP contribution in [0.25, 0.3) is 0 Å². The summed E-state index contributed by atoms with van der Waals surface area (Å²) in [7, 11) is 1.58. The number of pyridine rings is 1. The third-order valence-corrected chi connectivity index (χ3v) is 4.94. The molecule has 0 saturated carbocycles. The van der Waals surface area contributed by atoms with E-state index >= 15 is 0 Å². The van der Waals surface area contributed by atoms with Crippen LogP contribution >= 0.6 is 0 Å². The number of hydrogen-bond acceptors (Lipinski definition) is 5. The maximum atomic E-state index is 11.5. The summed E-state index contributed by atoms with van der Waals surface area (Å²) >= 11 is 0. The Balaban J connectivity index is 1.90. The van der Waals surface area contributed by atoms with Gasteiger partial charge in [0.2, 0.25) is 0 Å². The lowest BCUT2D eigenvalue weighted by Crippen LogP contribution is -2.30. The fraction of sp³-hybridized carbons (Fsp3) is 0.278. The molecular formula is C18H17N3O3. The van der Waals surface area contributed by atoms with Gasteiger partial charge in [0.15, 0.2) is 0 Å². The minimum Gasteiger partial charge on any atom is -0.495 e. The minimum atomic E-state index is -0.310. The third kappa shape index (κ3) is 2.14. The topological polar surface area (TPSA) is 77.3 Å². The van der Waals surface area contributed by atoms with Gasteiger partial charge in [-0.15, -0.1) is 0 Å². The van der Waals surface area contributed by atoms with Crippen LogP contribution in [0.5, 0.6) is 5.75 Å². The first-order chi connectivity index (χ1) is 11.7. The lowest BCUT2D eigenvalue weighted by atomic mass is 9.76. The molecule has 6 nitrogen and oxygen atoms in total. The Morgan fingerprint density at radius 1 is 1.29 bits per heavy atom. The van der Waals surface area contributed by atoms with Gasteiger partial charge in [-0.2, -0.15) is 0 Å². The number of fused-ring (bicyclic) bond motifs is 3. The highest BCUT2D eigenvalue weighted by Gasteiger charge is 2.42. The normalized spacial score (nSPS) is 24.0. The smallest absolute Gasteiger partial charge is 0.275 e. The van der Waals surface area contributed by atoms with Crippen LogP contribution in [0.2, 0.25) is 0 Å². The second-order valence-electron chi connectivity index (χ2n) is 6.09. The second-order valence-corrected chi connectivity index (χ2v) is 6.09. The van der Waals surface area contributed by atoms with E-state index in [1.54, 1.807) is 25.6 Å². The third-order valence-electron chi connectivity index (χ3n) is 4.94. The van der Waals surface area contributed by atoms with Gasteiger partial charge >= 0.3 is 0 Å². The van der Waals surface area contributed by atoms with E-state index < -0.39 is 0 Å². The maximum Gasteiger partial charge on any atom is 0.275 e. The molecule has 0 amide bonds. The molecule has 1 aromatic heterocycles. The monoisotopic (exact) mass is 323 g/mol. The highest BCUT2D eigenvalue weighted by Crippen LogP contribution is 2.54. The Kier molecular flexibility index (Phi) is 3.45. The predicted octanol–water partition coefficient (Wildman–Crippen LogP) is 3.82. The molecule has 6 heteroatoms. The average molecular weight is 323 g/mol. The SMILES string of the molecule is COc1ccc([N+](=O)[O-])c2c1N[C@@H](c1ccncc1)[C@H]1CC=C[C@@H]21. The second kappa shape index (κ2) is 5.63. The molecule has 0 bridgehead atoms. The fourth-order valence-electron chi connectivity index (χ4n) is 3.89. The van der Waals surface area contributed by atoms with Gasteiger partial charge in [0.25, 0.3) is 5.69 Å². The van der Waals surface area contributed by atoms with Crippen molar-refractivity contribution in [1.82, 2.24) is 4.98 Å². The zero-order valence-corrected chi connectivity index (χ0v) is 13.2. The average Bonchev–Trinajstić information content (AvgIpc) is 3.10. The molecule has 0 saturated heterocycles. The number of ether oxygens (including phenoxy) is 1. The first kappa shape index (κ1) is 14.7. The molecule has 1 aromatic carbocycles. The molecule has 1 aliphatic heterocycles. The lowest BCUT2D eigenvalue weighted by Gasteiger charge is -2.37. The summed E-state index contributed by atoms with van der Waals surface area (Å²) < 4.78 is 5.46. The molecule has 4 rings (SSSR count). The summed E-state index contributed by atoms with van der Waals surface area (Å²) in [6, 6.07) is 7.24. The number of hydrogen-bond donors (Lipinski definition) is 1. The van der Waals surface area contributed by atoms with E-state index in [2.05, 4.69) is 22.5 Å². The molecule has 0 unspecified atom stereocenters. The van der Waals surface area contributed by atoms with Crippen LogP contribution in [0.3, 0.4) is 0 Å². The van der Waals surface area contributed by atoms with Crippen LogP contribution in [-0.4, -0.2) is 17.0 Å². The number of rotatable bonds is 3. The van der Waals surface area contributed by atoms with Crippen molar-refractivity contribution >= 4 is 11.4 Å². The van der Waals surface area contributed by atoms with Gasteiger partial charge in [0.1, 0.15) is 5.75 Å². The van der Waals surface area contributed by atoms with Crippen molar-refractivity contribution in [2.75, 3.05) is 12.4 Å². The van der Waals surface area contributed by atoms with E-state index in [1.807, 2.05) is 12.1 Å². The number of aromatic nitrogens is 1. The largest absolute Gasteiger partial charge is 0.495 e. The number of allylic oxidation sites excluding steroid dienone is 2. The molecule has 2 heterocycles. The first-order valence-electron chi connectivity index (χ1n) is 7.89. The summed E-state index contributed by atoms with van der Waals surface area (Å²) in [6.07, 6.45) is 8.64. The van der Waals surface area contributed by atoms with Crippen molar-refractivity contribution in [3.05, 3.63) is 70.1 Å². The summed E-state index contributed by atoms with van der Waals surface area (Å²) in [6.45, 7) is 0. The van der Waals surface area contributed by atoms with Gasteiger partial charge in [-0.05, 0) is 36.1 Å². The van der Waals surface area contributed by atoms with Crippen molar-refractivity contribution < 1.29 is 9.66 Å². The molecule has 1 aliphatic carbocycles. The molecule has 3 atom stereocenters. The van der Waals surface area contributed by atoms with E-state index in [1.165, 1.54) is 6.07 Å². The van der Waals surface area contributed by atoms with E-state index in [-0.39, 0.29) is 28.5 Å². The molecule has 2 aliphatic rings. The molecule has 0 radical (unpaired) electrons. The van der Waals surface area contributed by atoms with Crippen LogP contribution in [0.1, 0.15) is 29.5 Å². The molecule has 122 valence electrons. The summed E-state index contributed by atoms with van der Waals surface area (Å²) in [5, 5.41) is 15.0. The Hall–Kier alpha value is -2.89. The summed E-state index contributed by atoms with van der Waals surface area (Å²) in [5.41, 5.74) is 2.72. The quantitative estimate of drug-likeness (QED) is 0.528. The molecule has 0 fully saturated rings. The molecule has 1 N–H and O–H groups in total. The zero-order chi connectivity index (χ0) is 16.7. The molecule has 2 aromatic rings. The Morgan fingerprint density at radius 2 is 2.08 bits per heavy atom. The van der Waals surface area contributed by atoms with Crippen LogP contribution < -0.4 is 10.1 Å². The number of nitrogens with one attached hydrogen (secondary N) is 1. The van der Waals surface area contributed by atoms with Crippen LogP contribution in [-0.2, 0) is 0 Å². The van der Waals surface area contributed by atoms with E-state index in [4.69, 9.17) is 4.74 Å².